The number of alkyl halides is 1. The average molecular weight is 275 g/mol. The molecule has 5 heteroatoms. The number of para-hydroxylation sites is 1. The fraction of sp³-hybridized carbons (Fsp3) is 0.286. The molecule has 0 atom stereocenters. The van der Waals surface area contributed by atoms with E-state index in [-0.39, 0.29) is 0 Å². The van der Waals surface area contributed by atoms with Crippen LogP contribution in [0, 0.1) is 6.92 Å². The number of aryl methyl sites for hydroxylation is 3. The summed E-state index contributed by atoms with van der Waals surface area (Å²) < 4.78 is 3.95. The first-order chi connectivity index (χ1) is 9.20. The van der Waals surface area contributed by atoms with Crippen molar-refractivity contribution in [3.63, 3.8) is 0 Å². The van der Waals surface area contributed by atoms with E-state index in [0.29, 0.717) is 5.88 Å². The minimum absolute atomic E-state index is 0.558. The maximum absolute atomic E-state index is 5.89. The number of imidazole rings is 1. The summed E-state index contributed by atoms with van der Waals surface area (Å²) in [5, 5.41) is 4.25. The predicted molar refractivity (Wildman–Crippen MR) is 77.0 cm³/mol. The Morgan fingerprint density at radius 3 is 2.84 bits per heavy atom. The van der Waals surface area contributed by atoms with Crippen molar-refractivity contribution in [2.45, 2.75) is 13.3 Å². The quantitative estimate of drug-likeness (QED) is 0.689. The highest BCUT2D eigenvalue weighted by atomic mass is 35.5. The molecular formula is C14H15ClN4. The molecule has 0 bridgehead atoms. The van der Waals surface area contributed by atoms with E-state index < -0.39 is 0 Å². The predicted octanol–water partition coefficient (Wildman–Crippen LogP) is 2.85. The van der Waals surface area contributed by atoms with Crippen molar-refractivity contribution in [1.82, 2.24) is 19.3 Å². The summed E-state index contributed by atoms with van der Waals surface area (Å²) in [6.07, 6.45) is 4.58. The highest BCUT2D eigenvalue weighted by Crippen LogP contribution is 2.24. The van der Waals surface area contributed by atoms with E-state index in [1.165, 1.54) is 5.56 Å². The minimum atomic E-state index is 0.558. The molecule has 0 fully saturated rings. The Labute approximate surface area is 116 Å². The summed E-state index contributed by atoms with van der Waals surface area (Å²) in [6.45, 7) is 2.10. The molecule has 2 heterocycles. The van der Waals surface area contributed by atoms with Gasteiger partial charge in [-0.15, -0.1) is 11.6 Å². The van der Waals surface area contributed by atoms with Crippen molar-refractivity contribution in [3.05, 3.63) is 42.0 Å². The fourth-order valence-corrected chi connectivity index (χ4v) is 2.57. The summed E-state index contributed by atoms with van der Waals surface area (Å²) in [5.74, 6) is 1.54. The number of rotatable bonds is 3. The van der Waals surface area contributed by atoms with Crippen molar-refractivity contribution in [2.75, 3.05) is 5.88 Å². The van der Waals surface area contributed by atoms with E-state index in [4.69, 9.17) is 16.6 Å². The van der Waals surface area contributed by atoms with E-state index in [2.05, 4.69) is 22.7 Å². The molecule has 0 spiro atoms. The van der Waals surface area contributed by atoms with Gasteiger partial charge in [0.1, 0.15) is 5.82 Å². The monoisotopic (exact) mass is 274 g/mol. The molecule has 0 saturated heterocycles. The molecule has 2 aromatic heterocycles. The summed E-state index contributed by atoms with van der Waals surface area (Å²) in [7, 11) is 1.91. The van der Waals surface area contributed by atoms with Gasteiger partial charge < -0.3 is 0 Å². The third-order valence-corrected chi connectivity index (χ3v) is 3.40. The fourth-order valence-electron chi connectivity index (χ4n) is 2.40. The minimum Gasteiger partial charge on any atom is -0.293 e. The average Bonchev–Trinajstić information content (AvgIpc) is 2.94. The van der Waals surface area contributed by atoms with Crippen LogP contribution in [0.1, 0.15) is 11.4 Å². The van der Waals surface area contributed by atoms with E-state index in [1.54, 1.807) is 4.68 Å². The van der Waals surface area contributed by atoms with Crippen LogP contribution >= 0.6 is 11.6 Å². The van der Waals surface area contributed by atoms with E-state index in [9.17, 15) is 0 Å². The van der Waals surface area contributed by atoms with Gasteiger partial charge in [-0.2, -0.15) is 5.10 Å². The zero-order valence-corrected chi connectivity index (χ0v) is 11.7. The van der Waals surface area contributed by atoms with Gasteiger partial charge in [0.25, 0.3) is 0 Å². The third-order valence-electron chi connectivity index (χ3n) is 3.22. The van der Waals surface area contributed by atoms with Crippen molar-refractivity contribution in [1.29, 1.82) is 0 Å². The Morgan fingerprint density at radius 1 is 1.32 bits per heavy atom. The SMILES string of the molecule is Cc1cccc2nc(CCCl)n(-c3cnn(C)c3)c12. The van der Waals surface area contributed by atoms with Crippen LogP contribution in [0.2, 0.25) is 0 Å². The largest absolute Gasteiger partial charge is 0.293 e. The first-order valence-electron chi connectivity index (χ1n) is 6.22. The summed E-state index contributed by atoms with van der Waals surface area (Å²) in [5.41, 5.74) is 4.37. The zero-order valence-electron chi connectivity index (χ0n) is 11.0. The number of hydrogen-bond acceptors (Lipinski definition) is 2. The van der Waals surface area contributed by atoms with Gasteiger partial charge in [-0.05, 0) is 18.6 Å². The summed E-state index contributed by atoms with van der Waals surface area (Å²) in [6, 6.07) is 6.16. The second kappa shape index (κ2) is 4.70. The number of hydrogen-bond donors (Lipinski definition) is 0. The molecule has 0 aliphatic rings. The van der Waals surface area contributed by atoms with Crippen molar-refractivity contribution >= 4 is 22.6 Å². The van der Waals surface area contributed by atoms with Gasteiger partial charge in [0, 0.05) is 25.5 Å². The maximum atomic E-state index is 5.89. The van der Waals surface area contributed by atoms with Crippen LogP contribution < -0.4 is 0 Å². The molecule has 98 valence electrons. The van der Waals surface area contributed by atoms with Crippen LogP contribution in [-0.2, 0) is 13.5 Å². The Hall–Kier alpha value is -1.81. The molecule has 0 aliphatic heterocycles. The van der Waals surface area contributed by atoms with Crippen molar-refractivity contribution < 1.29 is 0 Å². The van der Waals surface area contributed by atoms with E-state index in [0.717, 1.165) is 29.0 Å². The molecule has 3 aromatic rings. The Kier molecular flexibility index (Phi) is 3.03. The van der Waals surface area contributed by atoms with Crippen LogP contribution in [0.5, 0.6) is 0 Å². The highest BCUT2D eigenvalue weighted by molar-refractivity contribution is 6.17. The molecular weight excluding hydrogens is 260 g/mol. The second-order valence-electron chi connectivity index (χ2n) is 4.62. The van der Waals surface area contributed by atoms with Crippen LogP contribution in [0.4, 0.5) is 0 Å². The first kappa shape index (κ1) is 12.2. The molecule has 0 N–H and O–H groups in total. The topological polar surface area (TPSA) is 35.6 Å². The van der Waals surface area contributed by atoms with Gasteiger partial charge in [-0.3, -0.25) is 9.25 Å². The number of halogens is 1. The maximum Gasteiger partial charge on any atom is 0.115 e. The highest BCUT2D eigenvalue weighted by Gasteiger charge is 2.14. The van der Waals surface area contributed by atoms with E-state index in [1.807, 2.05) is 31.6 Å². The Bertz CT molecular complexity index is 726. The van der Waals surface area contributed by atoms with Crippen LogP contribution in [-0.4, -0.2) is 25.2 Å². The van der Waals surface area contributed by atoms with Crippen LogP contribution in [0.15, 0.2) is 30.6 Å². The smallest absolute Gasteiger partial charge is 0.115 e. The number of aromatic nitrogens is 4. The van der Waals surface area contributed by atoms with E-state index >= 15 is 0 Å². The zero-order chi connectivity index (χ0) is 13.4. The number of fused-ring (bicyclic) bond motifs is 1. The van der Waals surface area contributed by atoms with Gasteiger partial charge in [0.2, 0.25) is 0 Å². The normalized spacial score (nSPS) is 11.3. The van der Waals surface area contributed by atoms with Crippen LogP contribution in [0.25, 0.3) is 16.7 Å². The van der Waals surface area contributed by atoms with Crippen molar-refractivity contribution in [2.24, 2.45) is 7.05 Å². The lowest BCUT2D eigenvalue weighted by atomic mass is 10.2. The molecule has 19 heavy (non-hydrogen) atoms. The molecule has 4 nitrogen and oxygen atoms in total. The van der Waals surface area contributed by atoms with Crippen LogP contribution in [0.3, 0.4) is 0 Å². The molecule has 0 amide bonds. The number of nitrogens with zero attached hydrogens (tertiary/aromatic N) is 4. The summed E-state index contributed by atoms with van der Waals surface area (Å²) >= 11 is 5.89. The first-order valence-corrected chi connectivity index (χ1v) is 6.76. The molecule has 0 aliphatic carbocycles. The molecule has 0 unspecified atom stereocenters. The van der Waals surface area contributed by atoms with Crippen molar-refractivity contribution in [3.8, 4) is 5.69 Å². The Morgan fingerprint density at radius 2 is 2.16 bits per heavy atom. The molecule has 1 aromatic carbocycles. The lowest BCUT2D eigenvalue weighted by Gasteiger charge is -2.06. The lowest BCUT2D eigenvalue weighted by Crippen LogP contribution is -2.02. The number of benzene rings is 1. The second-order valence-corrected chi connectivity index (χ2v) is 5.00. The van der Waals surface area contributed by atoms with Gasteiger partial charge in [0.15, 0.2) is 0 Å². The van der Waals surface area contributed by atoms with Gasteiger partial charge in [0.05, 0.1) is 22.9 Å². The van der Waals surface area contributed by atoms with Gasteiger partial charge >= 0.3 is 0 Å². The third kappa shape index (κ3) is 2.02. The van der Waals surface area contributed by atoms with Gasteiger partial charge in [-0.1, -0.05) is 12.1 Å². The molecule has 0 radical (unpaired) electrons. The lowest BCUT2D eigenvalue weighted by molar-refractivity contribution is 0.767. The Balaban J connectivity index is 2.33. The molecule has 0 saturated carbocycles. The summed E-state index contributed by atoms with van der Waals surface area (Å²) in [4.78, 5) is 4.69. The van der Waals surface area contributed by atoms with Gasteiger partial charge in [-0.25, -0.2) is 4.98 Å². The molecule has 3 rings (SSSR count). The standard InChI is InChI=1S/C14H15ClN4/c1-10-4-3-5-12-14(10)19(13(17-12)6-7-15)11-8-16-18(2)9-11/h3-5,8-9H,6-7H2,1-2H3.